The van der Waals surface area contributed by atoms with Gasteiger partial charge in [-0.2, -0.15) is 0 Å². The molecule has 0 aromatic rings. The van der Waals surface area contributed by atoms with Gasteiger partial charge in [0, 0.05) is 7.11 Å². The number of rotatable bonds is 4. The van der Waals surface area contributed by atoms with Gasteiger partial charge in [-0.05, 0) is 31.8 Å². The summed E-state index contributed by atoms with van der Waals surface area (Å²) >= 11 is 0. The van der Waals surface area contributed by atoms with Gasteiger partial charge in [-0.1, -0.05) is 0 Å². The molecule has 3 nitrogen and oxygen atoms in total. The van der Waals surface area contributed by atoms with Gasteiger partial charge in [0.15, 0.2) is 0 Å². The van der Waals surface area contributed by atoms with Gasteiger partial charge in [-0.3, -0.25) is 0 Å². The molecular formula is C8H17NO2. The van der Waals surface area contributed by atoms with E-state index in [1.54, 1.807) is 7.11 Å². The fraction of sp³-hybridized carbons (Fsp3) is 1.00. The Morgan fingerprint density at radius 2 is 2.09 bits per heavy atom. The standard InChI is InChI=1S/C8H17NO2/c1-10-7-11-6-8-2-4-9-5-3-8/h8-9H,2-7H2,1H3. The fourth-order valence-electron chi connectivity index (χ4n) is 1.35. The van der Waals surface area contributed by atoms with E-state index in [4.69, 9.17) is 9.47 Å². The Bertz CT molecular complexity index is 92.1. The molecule has 0 amide bonds. The fourth-order valence-corrected chi connectivity index (χ4v) is 1.35. The Morgan fingerprint density at radius 1 is 1.36 bits per heavy atom. The van der Waals surface area contributed by atoms with Crippen molar-refractivity contribution in [3.63, 3.8) is 0 Å². The van der Waals surface area contributed by atoms with Gasteiger partial charge in [0.1, 0.15) is 6.79 Å². The second-order valence-electron chi connectivity index (χ2n) is 2.97. The van der Waals surface area contributed by atoms with Crippen molar-refractivity contribution in [3.8, 4) is 0 Å². The molecule has 1 aliphatic rings. The first-order valence-electron chi connectivity index (χ1n) is 4.21. The second kappa shape index (κ2) is 5.52. The third kappa shape index (κ3) is 3.70. The molecule has 1 rings (SSSR count). The van der Waals surface area contributed by atoms with Gasteiger partial charge < -0.3 is 14.8 Å². The summed E-state index contributed by atoms with van der Waals surface area (Å²) in [4.78, 5) is 0. The highest BCUT2D eigenvalue weighted by Crippen LogP contribution is 2.11. The summed E-state index contributed by atoms with van der Waals surface area (Å²) in [6, 6.07) is 0. The van der Waals surface area contributed by atoms with Gasteiger partial charge in [-0.15, -0.1) is 0 Å². The Kier molecular flexibility index (Phi) is 4.50. The average molecular weight is 159 g/mol. The van der Waals surface area contributed by atoms with Crippen LogP contribution in [0.4, 0.5) is 0 Å². The smallest absolute Gasteiger partial charge is 0.146 e. The Labute approximate surface area is 68.1 Å². The summed E-state index contributed by atoms with van der Waals surface area (Å²) in [5, 5.41) is 3.32. The number of hydrogen-bond donors (Lipinski definition) is 1. The molecule has 0 spiro atoms. The lowest BCUT2D eigenvalue weighted by molar-refractivity contribution is -0.0462. The van der Waals surface area contributed by atoms with Crippen LogP contribution < -0.4 is 5.32 Å². The molecule has 0 aromatic carbocycles. The molecule has 1 saturated heterocycles. The highest BCUT2D eigenvalue weighted by atomic mass is 16.7. The van der Waals surface area contributed by atoms with Crippen LogP contribution in [-0.4, -0.2) is 33.6 Å². The highest BCUT2D eigenvalue weighted by Gasteiger charge is 2.12. The number of piperidine rings is 1. The summed E-state index contributed by atoms with van der Waals surface area (Å²) < 4.78 is 10.1. The van der Waals surface area contributed by atoms with E-state index < -0.39 is 0 Å². The molecule has 1 N–H and O–H groups in total. The number of nitrogens with one attached hydrogen (secondary N) is 1. The Morgan fingerprint density at radius 3 is 2.73 bits per heavy atom. The number of hydrogen-bond acceptors (Lipinski definition) is 3. The third-order valence-electron chi connectivity index (χ3n) is 2.01. The molecule has 0 aromatic heterocycles. The van der Waals surface area contributed by atoms with Crippen molar-refractivity contribution in [1.29, 1.82) is 0 Å². The van der Waals surface area contributed by atoms with Crippen molar-refractivity contribution in [2.45, 2.75) is 12.8 Å². The van der Waals surface area contributed by atoms with E-state index in [0.717, 1.165) is 25.6 Å². The first-order valence-corrected chi connectivity index (χ1v) is 4.21. The van der Waals surface area contributed by atoms with Crippen LogP contribution in [0.2, 0.25) is 0 Å². The molecule has 1 heterocycles. The molecule has 0 unspecified atom stereocenters. The van der Waals surface area contributed by atoms with Crippen LogP contribution in [-0.2, 0) is 9.47 Å². The van der Waals surface area contributed by atoms with E-state index in [9.17, 15) is 0 Å². The van der Waals surface area contributed by atoms with Gasteiger partial charge in [-0.25, -0.2) is 0 Å². The van der Waals surface area contributed by atoms with Crippen molar-refractivity contribution in [3.05, 3.63) is 0 Å². The van der Waals surface area contributed by atoms with Crippen molar-refractivity contribution in [2.24, 2.45) is 5.92 Å². The maximum atomic E-state index is 5.27. The lowest BCUT2D eigenvalue weighted by atomic mass is 9.99. The summed E-state index contributed by atoms with van der Waals surface area (Å²) in [5.74, 6) is 0.742. The van der Waals surface area contributed by atoms with Gasteiger partial charge in [0.05, 0.1) is 6.61 Å². The van der Waals surface area contributed by atoms with Crippen molar-refractivity contribution >= 4 is 0 Å². The molecule has 0 aliphatic carbocycles. The maximum absolute atomic E-state index is 5.27. The highest BCUT2D eigenvalue weighted by molar-refractivity contribution is 4.67. The zero-order valence-corrected chi connectivity index (χ0v) is 7.14. The minimum absolute atomic E-state index is 0.434. The summed E-state index contributed by atoms with van der Waals surface area (Å²) in [6.07, 6.45) is 2.48. The Hall–Kier alpha value is -0.120. The molecule has 11 heavy (non-hydrogen) atoms. The monoisotopic (exact) mass is 159 g/mol. The van der Waals surface area contributed by atoms with E-state index in [-0.39, 0.29) is 0 Å². The molecule has 66 valence electrons. The molecule has 0 saturated carbocycles. The van der Waals surface area contributed by atoms with Crippen molar-refractivity contribution in [2.75, 3.05) is 33.6 Å². The predicted molar refractivity (Wildman–Crippen MR) is 43.4 cm³/mol. The van der Waals surface area contributed by atoms with Crippen molar-refractivity contribution in [1.82, 2.24) is 5.32 Å². The molecule has 1 aliphatic heterocycles. The van der Waals surface area contributed by atoms with Crippen molar-refractivity contribution < 1.29 is 9.47 Å². The summed E-state index contributed by atoms with van der Waals surface area (Å²) in [6.45, 7) is 3.57. The Balaban J connectivity index is 1.96. The maximum Gasteiger partial charge on any atom is 0.146 e. The van der Waals surface area contributed by atoms with Gasteiger partial charge >= 0.3 is 0 Å². The molecule has 3 heteroatoms. The first kappa shape index (κ1) is 8.97. The quantitative estimate of drug-likeness (QED) is 0.481. The third-order valence-corrected chi connectivity index (χ3v) is 2.01. The molecule has 0 bridgehead atoms. The van der Waals surface area contributed by atoms with Crippen LogP contribution >= 0.6 is 0 Å². The minimum atomic E-state index is 0.434. The SMILES string of the molecule is COCOCC1CCNCC1. The van der Waals surface area contributed by atoms with Crippen LogP contribution in [0, 0.1) is 5.92 Å². The van der Waals surface area contributed by atoms with E-state index >= 15 is 0 Å². The lowest BCUT2D eigenvalue weighted by Gasteiger charge is -2.21. The number of methoxy groups -OCH3 is 1. The van der Waals surface area contributed by atoms with E-state index in [2.05, 4.69) is 5.32 Å². The van der Waals surface area contributed by atoms with Gasteiger partial charge in [0.25, 0.3) is 0 Å². The topological polar surface area (TPSA) is 30.5 Å². The first-order chi connectivity index (χ1) is 5.43. The summed E-state index contributed by atoms with van der Waals surface area (Å²) in [5.41, 5.74) is 0. The zero-order valence-electron chi connectivity index (χ0n) is 7.14. The number of ether oxygens (including phenoxy) is 2. The second-order valence-corrected chi connectivity index (χ2v) is 2.97. The average Bonchev–Trinajstić information content (AvgIpc) is 2.07. The summed E-state index contributed by atoms with van der Waals surface area (Å²) in [7, 11) is 1.66. The van der Waals surface area contributed by atoms with Gasteiger partial charge in [0.2, 0.25) is 0 Å². The van der Waals surface area contributed by atoms with Crippen LogP contribution in [0.15, 0.2) is 0 Å². The molecular weight excluding hydrogens is 142 g/mol. The minimum Gasteiger partial charge on any atom is -0.359 e. The molecule has 1 fully saturated rings. The van der Waals surface area contributed by atoms with Crippen LogP contribution in [0.5, 0.6) is 0 Å². The lowest BCUT2D eigenvalue weighted by Crippen LogP contribution is -2.30. The largest absolute Gasteiger partial charge is 0.359 e. The normalized spacial score (nSPS) is 20.5. The molecule has 0 radical (unpaired) electrons. The van der Waals surface area contributed by atoms with E-state index in [0.29, 0.717) is 6.79 Å². The van der Waals surface area contributed by atoms with E-state index in [1.807, 2.05) is 0 Å². The van der Waals surface area contributed by atoms with Crippen LogP contribution in [0.1, 0.15) is 12.8 Å². The molecule has 0 atom stereocenters. The zero-order chi connectivity index (χ0) is 7.94. The van der Waals surface area contributed by atoms with E-state index in [1.165, 1.54) is 12.8 Å². The predicted octanol–water partition coefficient (Wildman–Crippen LogP) is 0.607. The van der Waals surface area contributed by atoms with Crippen LogP contribution in [0.25, 0.3) is 0 Å². The van der Waals surface area contributed by atoms with Crippen LogP contribution in [0.3, 0.4) is 0 Å².